The van der Waals surface area contributed by atoms with Gasteiger partial charge >= 0.3 is 0 Å². The molecule has 0 unspecified atom stereocenters. The van der Waals surface area contributed by atoms with E-state index in [9.17, 15) is 14.0 Å². The second-order valence-corrected chi connectivity index (χ2v) is 5.45. The lowest BCUT2D eigenvalue weighted by molar-refractivity contribution is 0.0994. The van der Waals surface area contributed by atoms with Crippen molar-refractivity contribution in [2.24, 2.45) is 0 Å². The average molecular weight is 347 g/mol. The molecule has 3 rings (SSSR count). The van der Waals surface area contributed by atoms with Crippen LogP contribution in [0, 0.1) is 5.82 Å². The zero-order chi connectivity index (χ0) is 17.1. The van der Waals surface area contributed by atoms with Crippen molar-refractivity contribution in [3.63, 3.8) is 0 Å². The molecule has 0 spiro atoms. The molecule has 0 aliphatic carbocycles. The van der Waals surface area contributed by atoms with Crippen LogP contribution in [0.4, 0.5) is 10.1 Å². The van der Waals surface area contributed by atoms with E-state index in [1.54, 1.807) is 24.4 Å². The number of halogens is 2. The number of pyridine rings is 1. The molecule has 0 bridgehead atoms. The van der Waals surface area contributed by atoms with Crippen molar-refractivity contribution in [3.05, 3.63) is 87.4 Å². The first-order chi connectivity index (χ1) is 11.5. The summed E-state index contributed by atoms with van der Waals surface area (Å²) in [6, 6.07) is 11.8. The first kappa shape index (κ1) is 16.0. The molecule has 0 saturated heterocycles. The summed E-state index contributed by atoms with van der Waals surface area (Å²) in [6.07, 6.45) is 1.62. The maximum atomic E-state index is 13.7. The zero-order valence-corrected chi connectivity index (χ0v) is 13.1. The summed E-state index contributed by atoms with van der Waals surface area (Å²) in [7, 11) is 0. The van der Waals surface area contributed by atoms with Gasteiger partial charge in [0.2, 0.25) is 0 Å². The number of carbonyl (C=O) groups excluding carboxylic acids is 1. The third-order valence-corrected chi connectivity index (χ3v) is 3.53. The van der Waals surface area contributed by atoms with Crippen LogP contribution >= 0.6 is 11.6 Å². The molecule has 0 fully saturated rings. The van der Waals surface area contributed by atoms with Gasteiger partial charge in [-0.15, -0.1) is 0 Å². The first-order valence-electron chi connectivity index (χ1n) is 7.03. The van der Waals surface area contributed by atoms with Gasteiger partial charge in [-0.25, -0.2) is 4.39 Å². The lowest BCUT2D eigenvalue weighted by atomic mass is 10.3. The summed E-state index contributed by atoms with van der Waals surface area (Å²) in [5.74, 6) is -0.783. The molecule has 3 aromatic rings. The molecule has 2 aromatic heterocycles. The number of furan rings is 1. The van der Waals surface area contributed by atoms with Gasteiger partial charge in [0.1, 0.15) is 11.6 Å². The predicted octanol–water partition coefficient (Wildman–Crippen LogP) is 3.53. The Morgan fingerprint density at radius 3 is 2.79 bits per heavy atom. The van der Waals surface area contributed by atoms with Crippen LogP contribution in [-0.2, 0) is 6.54 Å². The van der Waals surface area contributed by atoms with Crippen LogP contribution in [0.25, 0.3) is 0 Å². The normalized spacial score (nSPS) is 10.6. The zero-order valence-electron chi connectivity index (χ0n) is 12.3. The largest absolute Gasteiger partial charge is 0.454 e. The highest BCUT2D eigenvalue weighted by atomic mass is 35.5. The molecule has 2 heterocycles. The first-order valence-corrected chi connectivity index (χ1v) is 7.41. The highest BCUT2D eigenvalue weighted by molar-refractivity contribution is 6.30. The van der Waals surface area contributed by atoms with E-state index >= 15 is 0 Å². The molecule has 0 atom stereocenters. The van der Waals surface area contributed by atoms with Gasteiger partial charge in [0, 0.05) is 17.3 Å². The van der Waals surface area contributed by atoms with E-state index < -0.39 is 11.7 Å². The van der Waals surface area contributed by atoms with Crippen molar-refractivity contribution < 1.29 is 13.6 Å². The summed E-state index contributed by atoms with van der Waals surface area (Å²) in [4.78, 5) is 23.8. The molecule has 7 heteroatoms. The Balaban J connectivity index is 1.74. The average Bonchev–Trinajstić information content (AvgIpc) is 3.01. The maximum absolute atomic E-state index is 13.7. The maximum Gasteiger partial charge on any atom is 0.291 e. The van der Waals surface area contributed by atoms with E-state index in [0.717, 1.165) is 6.07 Å². The van der Waals surface area contributed by atoms with Gasteiger partial charge in [-0.05, 0) is 36.4 Å². The van der Waals surface area contributed by atoms with Crippen LogP contribution in [0.1, 0.15) is 16.3 Å². The second-order valence-electron chi connectivity index (χ2n) is 5.01. The molecule has 0 saturated carbocycles. The summed E-state index contributed by atoms with van der Waals surface area (Å²) in [5.41, 5.74) is -0.176. The van der Waals surface area contributed by atoms with Gasteiger partial charge < -0.3 is 14.3 Å². The summed E-state index contributed by atoms with van der Waals surface area (Å²) in [5, 5.41) is 2.64. The van der Waals surface area contributed by atoms with Gasteiger partial charge in [-0.1, -0.05) is 17.7 Å². The Morgan fingerprint density at radius 2 is 2.04 bits per heavy atom. The van der Waals surface area contributed by atoms with Crippen LogP contribution < -0.4 is 10.9 Å². The fourth-order valence-electron chi connectivity index (χ4n) is 2.12. The van der Waals surface area contributed by atoms with Crippen molar-refractivity contribution in [2.45, 2.75) is 6.54 Å². The SMILES string of the molecule is O=C(Nc1ccc(Cl)cc1F)c1ccc(Cn2ccccc2=O)o1. The second kappa shape index (κ2) is 6.72. The summed E-state index contributed by atoms with van der Waals surface area (Å²) >= 11 is 5.66. The van der Waals surface area contributed by atoms with E-state index in [1.165, 1.54) is 28.8 Å². The Labute approximate surface area is 141 Å². The van der Waals surface area contributed by atoms with Gasteiger partial charge in [-0.3, -0.25) is 9.59 Å². The number of anilines is 1. The molecule has 5 nitrogen and oxygen atoms in total. The fraction of sp³-hybridized carbons (Fsp3) is 0.0588. The van der Waals surface area contributed by atoms with Crippen molar-refractivity contribution >= 4 is 23.2 Å². The molecule has 24 heavy (non-hydrogen) atoms. The quantitative estimate of drug-likeness (QED) is 0.786. The number of aromatic nitrogens is 1. The van der Waals surface area contributed by atoms with Crippen LogP contribution in [0.2, 0.25) is 5.02 Å². The third kappa shape index (κ3) is 3.55. The molecule has 0 aliphatic heterocycles. The molecular formula is C17H12ClFN2O3. The van der Waals surface area contributed by atoms with Crippen molar-refractivity contribution in [3.8, 4) is 0 Å². The molecule has 0 aliphatic rings. The molecule has 1 aromatic carbocycles. The highest BCUT2D eigenvalue weighted by Crippen LogP contribution is 2.20. The number of amides is 1. The standard InChI is InChI=1S/C17H12ClFN2O3/c18-11-4-6-14(13(19)9-11)20-17(23)15-7-5-12(24-15)10-21-8-2-1-3-16(21)22/h1-9H,10H2,(H,20,23). The van der Waals surface area contributed by atoms with Crippen LogP contribution in [0.15, 0.2) is 63.9 Å². The Hall–Kier alpha value is -2.86. The minimum atomic E-state index is -0.640. The minimum absolute atomic E-state index is 0.00151. The number of nitrogens with zero attached hydrogens (tertiary/aromatic N) is 1. The smallest absolute Gasteiger partial charge is 0.291 e. The topological polar surface area (TPSA) is 64.2 Å². The monoisotopic (exact) mass is 346 g/mol. The molecule has 1 N–H and O–H groups in total. The summed E-state index contributed by atoms with van der Waals surface area (Å²) < 4.78 is 20.6. The Kier molecular flexibility index (Phi) is 4.48. The molecule has 0 radical (unpaired) electrons. The Bertz CT molecular complexity index is 949. The lowest BCUT2D eigenvalue weighted by Crippen LogP contribution is -2.18. The minimum Gasteiger partial charge on any atom is -0.454 e. The Morgan fingerprint density at radius 1 is 1.21 bits per heavy atom. The van der Waals surface area contributed by atoms with E-state index in [2.05, 4.69) is 5.32 Å². The number of rotatable bonds is 4. The summed E-state index contributed by atoms with van der Waals surface area (Å²) in [6.45, 7) is 0.197. The van der Waals surface area contributed by atoms with E-state index in [1.807, 2.05) is 0 Å². The van der Waals surface area contributed by atoms with Crippen molar-refractivity contribution in [1.29, 1.82) is 0 Å². The van der Waals surface area contributed by atoms with E-state index in [4.69, 9.17) is 16.0 Å². The van der Waals surface area contributed by atoms with Crippen LogP contribution in [-0.4, -0.2) is 10.5 Å². The van der Waals surface area contributed by atoms with Gasteiger partial charge in [0.25, 0.3) is 11.5 Å². The van der Waals surface area contributed by atoms with E-state index in [0.29, 0.717) is 5.76 Å². The third-order valence-electron chi connectivity index (χ3n) is 3.29. The van der Waals surface area contributed by atoms with Gasteiger partial charge in [0.15, 0.2) is 5.76 Å². The molecule has 1 amide bonds. The fourth-order valence-corrected chi connectivity index (χ4v) is 2.28. The van der Waals surface area contributed by atoms with Crippen molar-refractivity contribution in [2.75, 3.05) is 5.32 Å². The predicted molar refractivity (Wildman–Crippen MR) is 87.9 cm³/mol. The molecule has 122 valence electrons. The van der Waals surface area contributed by atoms with Gasteiger partial charge in [-0.2, -0.15) is 0 Å². The van der Waals surface area contributed by atoms with Gasteiger partial charge in [0.05, 0.1) is 12.2 Å². The molecular weight excluding hydrogens is 335 g/mol. The number of benzene rings is 1. The number of hydrogen-bond acceptors (Lipinski definition) is 3. The van der Waals surface area contributed by atoms with Crippen LogP contribution in [0.3, 0.4) is 0 Å². The van der Waals surface area contributed by atoms with Crippen LogP contribution in [0.5, 0.6) is 0 Å². The number of hydrogen-bond donors (Lipinski definition) is 1. The number of nitrogens with one attached hydrogen (secondary N) is 1. The lowest BCUT2D eigenvalue weighted by Gasteiger charge is -2.05. The van der Waals surface area contributed by atoms with Crippen molar-refractivity contribution in [1.82, 2.24) is 4.57 Å². The highest BCUT2D eigenvalue weighted by Gasteiger charge is 2.14. The van der Waals surface area contributed by atoms with E-state index in [-0.39, 0.29) is 28.6 Å². The number of carbonyl (C=O) groups is 1.